The zero-order valence-electron chi connectivity index (χ0n) is 12.3. The summed E-state index contributed by atoms with van der Waals surface area (Å²) < 4.78 is 27.0. The summed E-state index contributed by atoms with van der Waals surface area (Å²) in [5, 5.41) is 3.26. The molecule has 0 bridgehead atoms. The standard InChI is InChI=1S/C15H19N3O2S/c1-12-4-6-13(7-5-12)16-14-8-10-15(11-9-14)17-21(19,20)18(2)3/h4-11,16-17H,1-3H3. The van der Waals surface area contributed by atoms with E-state index in [1.54, 1.807) is 12.1 Å². The first-order valence-corrected chi connectivity index (χ1v) is 7.95. The number of rotatable bonds is 5. The molecule has 5 nitrogen and oxygen atoms in total. The van der Waals surface area contributed by atoms with Gasteiger partial charge in [0.1, 0.15) is 0 Å². The molecule has 0 aromatic heterocycles. The van der Waals surface area contributed by atoms with Crippen molar-refractivity contribution in [2.45, 2.75) is 6.92 Å². The number of nitrogens with one attached hydrogen (secondary N) is 2. The monoisotopic (exact) mass is 305 g/mol. The van der Waals surface area contributed by atoms with Crippen molar-refractivity contribution < 1.29 is 8.42 Å². The third kappa shape index (κ3) is 4.21. The van der Waals surface area contributed by atoms with Gasteiger partial charge in [0.05, 0.1) is 0 Å². The normalized spacial score (nSPS) is 11.4. The number of hydrogen-bond donors (Lipinski definition) is 2. The van der Waals surface area contributed by atoms with E-state index in [0.29, 0.717) is 5.69 Å². The lowest BCUT2D eigenvalue weighted by atomic mass is 10.2. The third-order valence-electron chi connectivity index (χ3n) is 2.95. The van der Waals surface area contributed by atoms with E-state index in [1.807, 2.05) is 43.3 Å². The second-order valence-electron chi connectivity index (χ2n) is 4.96. The van der Waals surface area contributed by atoms with Crippen LogP contribution in [0.25, 0.3) is 0 Å². The number of benzene rings is 2. The highest BCUT2D eigenvalue weighted by Gasteiger charge is 2.12. The first-order chi connectivity index (χ1) is 9.87. The molecule has 0 saturated carbocycles. The Bertz CT molecular complexity index is 693. The molecule has 0 spiro atoms. The van der Waals surface area contributed by atoms with E-state index in [2.05, 4.69) is 10.0 Å². The average Bonchev–Trinajstić information content (AvgIpc) is 2.43. The number of hydrogen-bond acceptors (Lipinski definition) is 3. The van der Waals surface area contributed by atoms with Crippen molar-refractivity contribution in [2.24, 2.45) is 0 Å². The van der Waals surface area contributed by atoms with E-state index in [0.717, 1.165) is 15.7 Å². The molecule has 6 heteroatoms. The zero-order valence-corrected chi connectivity index (χ0v) is 13.1. The van der Waals surface area contributed by atoms with Gasteiger partial charge in [-0.15, -0.1) is 0 Å². The minimum atomic E-state index is -3.46. The molecule has 21 heavy (non-hydrogen) atoms. The molecule has 2 rings (SSSR count). The SMILES string of the molecule is Cc1ccc(Nc2ccc(NS(=O)(=O)N(C)C)cc2)cc1. The molecule has 0 unspecified atom stereocenters. The molecular formula is C15H19N3O2S. The van der Waals surface area contributed by atoms with Crippen molar-refractivity contribution in [3.05, 3.63) is 54.1 Å². The predicted octanol–water partition coefficient (Wildman–Crippen LogP) is 2.96. The molecule has 0 fully saturated rings. The summed E-state index contributed by atoms with van der Waals surface area (Å²) >= 11 is 0. The highest BCUT2D eigenvalue weighted by Crippen LogP contribution is 2.20. The molecule has 0 saturated heterocycles. The lowest BCUT2D eigenvalue weighted by Crippen LogP contribution is -2.28. The Labute approximate surface area is 125 Å². The first-order valence-electron chi connectivity index (χ1n) is 6.51. The smallest absolute Gasteiger partial charge is 0.301 e. The van der Waals surface area contributed by atoms with Crippen LogP contribution in [0.1, 0.15) is 5.56 Å². The third-order valence-corrected chi connectivity index (χ3v) is 4.41. The Balaban J connectivity index is 2.07. The van der Waals surface area contributed by atoms with Crippen molar-refractivity contribution in [3.8, 4) is 0 Å². The molecule has 0 amide bonds. The van der Waals surface area contributed by atoms with Gasteiger partial charge in [-0.1, -0.05) is 17.7 Å². The molecule has 0 aliphatic rings. The fraction of sp³-hybridized carbons (Fsp3) is 0.200. The minimum absolute atomic E-state index is 0.526. The molecule has 112 valence electrons. The van der Waals surface area contributed by atoms with Gasteiger partial charge < -0.3 is 5.32 Å². The molecule has 2 aromatic carbocycles. The van der Waals surface area contributed by atoms with Crippen molar-refractivity contribution in [3.63, 3.8) is 0 Å². The van der Waals surface area contributed by atoms with E-state index >= 15 is 0 Å². The number of aryl methyl sites for hydroxylation is 1. The van der Waals surface area contributed by atoms with E-state index < -0.39 is 10.2 Å². The van der Waals surface area contributed by atoms with Gasteiger partial charge in [0, 0.05) is 31.2 Å². The molecule has 2 N–H and O–H groups in total. The van der Waals surface area contributed by atoms with Gasteiger partial charge in [-0.05, 0) is 43.3 Å². The molecule has 0 heterocycles. The first kappa shape index (κ1) is 15.3. The number of nitrogens with zero attached hydrogens (tertiary/aromatic N) is 1. The Kier molecular flexibility index (Phi) is 4.50. The quantitative estimate of drug-likeness (QED) is 0.893. The highest BCUT2D eigenvalue weighted by atomic mass is 32.2. The Morgan fingerprint density at radius 2 is 1.24 bits per heavy atom. The summed E-state index contributed by atoms with van der Waals surface area (Å²) in [6.45, 7) is 2.04. The summed E-state index contributed by atoms with van der Waals surface area (Å²) in [7, 11) is -0.501. The fourth-order valence-corrected chi connectivity index (χ4v) is 2.28. The number of anilines is 3. The van der Waals surface area contributed by atoms with Gasteiger partial charge in [0.15, 0.2) is 0 Å². The summed E-state index contributed by atoms with van der Waals surface area (Å²) in [5.41, 5.74) is 3.61. The van der Waals surface area contributed by atoms with E-state index in [-0.39, 0.29) is 0 Å². The van der Waals surface area contributed by atoms with Crippen molar-refractivity contribution in [1.82, 2.24) is 4.31 Å². The Morgan fingerprint density at radius 3 is 1.71 bits per heavy atom. The molecule has 0 aliphatic carbocycles. The summed E-state index contributed by atoms with van der Waals surface area (Å²) in [6, 6.07) is 15.1. The molecule has 0 atom stereocenters. The van der Waals surface area contributed by atoms with Crippen LogP contribution < -0.4 is 10.0 Å². The maximum absolute atomic E-state index is 11.7. The molecule has 0 radical (unpaired) electrons. The van der Waals surface area contributed by atoms with Crippen LogP contribution >= 0.6 is 0 Å². The van der Waals surface area contributed by atoms with Crippen LogP contribution in [-0.2, 0) is 10.2 Å². The van der Waals surface area contributed by atoms with Crippen LogP contribution in [0.3, 0.4) is 0 Å². The summed E-state index contributed by atoms with van der Waals surface area (Å²) in [5.74, 6) is 0. The van der Waals surface area contributed by atoms with Gasteiger partial charge in [-0.2, -0.15) is 12.7 Å². The van der Waals surface area contributed by atoms with Crippen LogP contribution in [0.15, 0.2) is 48.5 Å². The van der Waals surface area contributed by atoms with E-state index in [9.17, 15) is 8.42 Å². The Hall–Kier alpha value is -2.05. The lowest BCUT2D eigenvalue weighted by molar-refractivity contribution is 0.527. The maximum Gasteiger partial charge on any atom is 0.301 e. The summed E-state index contributed by atoms with van der Waals surface area (Å²) in [4.78, 5) is 0. The maximum atomic E-state index is 11.7. The Morgan fingerprint density at radius 1 is 0.810 bits per heavy atom. The second-order valence-corrected chi connectivity index (χ2v) is 6.84. The molecule has 2 aromatic rings. The molecular weight excluding hydrogens is 286 g/mol. The average molecular weight is 305 g/mol. The predicted molar refractivity (Wildman–Crippen MR) is 87.1 cm³/mol. The van der Waals surface area contributed by atoms with Crippen LogP contribution in [0.2, 0.25) is 0 Å². The topological polar surface area (TPSA) is 61.4 Å². The van der Waals surface area contributed by atoms with Crippen LogP contribution in [0.5, 0.6) is 0 Å². The van der Waals surface area contributed by atoms with Gasteiger partial charge in [0.2, 0.25) is 0 Å². The zero-order chi connectivity index (χ0) is 15.5. The fourth-order valence-electron chi connectivity index (χ4n) is 1.67. The summed E-state index contributed by atoms with van der Waals surface area (Å²) in [6.07, 6.45) is 0. The minimum Gasteiger partial charge on any atom is -0.356 e. The van der Waals surface area contributed by atoms with Gasteiger partial charge in [0.25, 0.3) is 0 Å². The lowest BCUT2D eigenvalue weighted by Gasteiger charge is -2.14. The van der Waals surface area contributed by atoms with Gasteiger partial charge in [-0.3, -0.25) is 4.72 Å². The molecule has 0 aliphatic heterocycles. The van der Waals surface area contributed by atoms with Crippen molar-refractivity contribution in [2.75, 3.05) is 24.1 Å². The van der Waals surface area contributed by atoms with E-state index in [1.165, 1.54) is 19.7 Å². The van der Waals surface area contributed by atoms with Gasteiger partial charge in [-0.25, -0.2) is 0 Å². The van der Waals surface area contributed by atoms with E-state index in [4.69, 9.17) is 0 Å². The second kappa shape index (κ2) is 6.15. The van der Waals surface area contributed by atoms with Crippen LogP contribution in [-0.4, -0.2) is 26.8 Å². The van der Waals surface area contributed by atoms with Crippen molar-refractivity contribution >= 4 is 27.3 Å². The van der Waals surface area contributed by atoms with Crippen LogP contribution in [0, 0.1) is 6.92 Å². The van der Waals surface area contributed by atoms with Crippen LogP contribution in [0.4, 0.5) is 17.1 Å². The largest absolute Gasteiger partial charge is 0.356 e. The van der Waals surface area contributed by atoms with Crippen molar-refractivity contribution in [1.29, 1.82) is 0 Å². The van der Waals surface area contributed by atoms with Gasteiger partial charge >= 0.3 is 10.2 Å². The highest BCUT2D eigenvalue weighted by molar-refractivity contribution is 7.90.